The zero-order chi connectivity index (χ0) is 14.4. The molecule has 2 rings (SSSR count). The van der Waals surface area contributed by atoms with Gasteiger partial charge in [0.1, 0.15) is 4.88 Å². The number of carbonyl (C=O) groups excluding carboxylic acids is 1. The Balaban J connectivity index is 1.75. The van der Waals surface area contributed by atoms with Crippen LogP contribution in [0.5, 0.6) is 0 Å². The maximum Gasteiger partial charge on any atom is 0.351 e. The molecular weight excluding hydrogens is 295 g/mol. The minimum atomic E-state index is -0.526. The van der Waals surface area contributed by atoms with Gasteiger partial charge in [0.25, 0.3) is 0 Å². The van der Waals surface area contributed by atoms with Crippen LogP contribution in [0.15, 0.2) is 10.8 Å². The van der Waals surface area contributed by atoms with Gasteiger partial charge in [0, 0.05) is 20.8 Å². The van der Waals surface area contributed by atoms with Crippen LogP contribution in [0.25, 0.3) is 10.1 Å². The summed E-state index contributed by atoms with van der Waals surface area (Å²) in [5, 5.41) is 4.12. The van der Waals surface area contributed by atoms with Gasteiger partial charge in [-0.2, -0.15) is 11.3 Å². The quantitative estimate of drug-likeness (QED) is 0.467. The smallest absolute Gasteiger partial charge is 0.351 e. The van der Waals surface area contributed by atoms with Crippen LogP contribution in [0.1, 0.15) is 55.1 Å². The van der Waals surface area contributed by atoms with Crippen molar-refractivity contribution in [2.24, 2.45) is 0 Å². The molecule has 0 saturated carbocycles. The van der Waals surface area contributed by atoms with Gasteiger partial charge >= 0.3 is 5.97 Å². The van der Waals surface area contributed by atoms with Crippen LogP contribution in [0.4, 0.5) is 4.39 Å². The van der Waals surface area contributed by atoms with Gasteiger partial charge in [-0.3, -0.25) is 0 Å². The Bertz CT molecular complexity index is 559. The summed E-state index contributed by atoms with van der Waals surface area (Å²) >= 11 is 2.62. The van der Waals surface area contributed by atoms with Crippen LogP contribution in [0.2, 0.25) is 0 Å². The Hall–Kier alpha value is -0.940. The lowest BCUT2D eigenvalue weighted by Gasteiger charge is -2.03. The van der Waals surface area contributed by atoms with Crippen LogP contribution in [-0.4, -0.2) is 12.6 Å². The van der Waals surface area contributed by atoms with Crippen molar-refractivity contribution in [1.29, 1.82) is 0 Å². The van der Waals surface area contributed by atoms with E-state index in [2.05, 4.69) is 6.92 Å². The highest BCUT2D eigenvalue weighted by Gasteiger charge is 2.20. The Morgan fingerprint density at radius 3 is 2.70 bits per heavy atom. The first-order valence-corrected chi connectivity index (χ1v) is 8.81. The van der Waals surface area contributed by atoms with E-state index in [-0.39, 0.29) is 4.88 Å². The summed E-state index contributed by atoms with van der Waals surface area (Å²) in [5.74, 6) is -0.957. The van der Waals surface area contributed by atoms with Crippen LogP contribution in [-0.2, 0) is 4.74 Å². The second-order valence-corrected chi connectivity index (χ2v) is 6.59. The third-order valence-corrected chi connectivity index (χ3v) is 5.19. The molecule has 0 aliphatic heterocycles. The van der Waals surface area contributed by atoms with Gasteiger partial charge < -0.3 is 4.74 Å². The number of hydrogen-bond donors (Lipinski definition) is 0. The summed E-state index contributed by atoms with van der Waals surface area (Å²) in [6.45, 7) is 2.57. The minimum absolute atomic E-state index is 0.105. The number of ether oxygens (including phenoxy) is 1. The largest absolute Gasteiger partial charge is 0.461 e. The van der Waals surface area contributed by atoms with E-state index in [1.54, 1.807) is 5.38 Å². The normalized spacial score (nSPS) is 11.1. The number of halogens is 1. The predicted octanol–water partition coefficient (Wildman–Crippen LogP) is 5.62. The van der Waals surface area contributed by atoms with Gasteiger partial charge in [-0.05, 0) is 6.42 Å². The van der Waals surface area contributed by atoms with Gasteiger partial charge in [0.05, 0.1) is 6.61 Å². The molecule has 0 unspecified atom stereocenters. The van der Waals surface area contributed by atoms with Crippen molar-refractivity contribution in [3.63, 3.8) is 0 Å². The summed E-state index contributed by atoms with van der Waals surface area (Å²) in [4.78, 5) is 11.9. The van der Waals surface area contributed by atoms with Gasteiger partial charge in [0.2, 0.25) is 0 Å². The molecule has 0 spiro atoms. The summed E-state index contributed by atoms with van der Waals surface area (Å²) in [6.07, 6.45) is 6.82. The van der Waals surface area contributed by atoms with Crippen molar-refractivity contribution in [3.8, 4) is 0 Å². The molecule has 110 valence electrons. The second kappa shape index (κ2) is 7.74. The molecule has 2 nitrogen and oxygen atoms in total. The standard InChI is InChI=1S/C15H19FO2S2/c1-2-3-4-5-6-7-8-18-15(17)14-13(16)11-9-19-10-12(11)20-14/h9-10H,2-8H2,1H3. The molecule has 2 aromatic heterocycles. The van der Waals surface area contributed by atoms with Crippen molar-refractivity contribution >= 4 is 38.7 Å². The minimum Gasteiger partial charge on any atom is -0.461 e. The molecule has 2 heterocycles. The first-order chi connectivity index (χ1) is 9.74. The van der Waals surface area contributed by atoms with E-state index in [4.69, 9.17) is 4.74 Å². The molecule has 0 aliphatic carbocycles. The molecule has 20 heavy (non-hydrogen) atoms. The molecule has 0 radical (unpaired) electrons. The molecule has 0 atom stereocenters. The number of esters is 1. The van der Waals surface area contributed by atoms with Gasteiger partial charge in [-0.15, -0.1) is 11.3 Å². The van der Waals surface area contributed by atoms with Gasteiger partial charge in [-0.1, -0.05) is 39.0 Å². The van der Waals surface area contributed by atoms with Gasteiger partial charge in [-0.25, -0.2) is 9.18 Å². The van der Waals surface area contributed by atoms with Crippen LogP contribution >= 0.6 is 22.7 Å². The highest BCUT2D eigenvalue weighted by molar-refractivity contribution is 7.24. The maximum absolute atomic E-state index is 13.9. The lowest BCUT2D eigenvalue weighted by molar-refractivity contribution is 0.0499. The molecule has 0 aliphatic rings. The fraction of sp³-hybridized carbons (Fsp3) is 0.533. The first kappa shape index (κ1) is 15.4. The number of fused-ring (bicyclic) bond motifs is 1. The fourth-order valence-corrected chi connectivity index (χ4v) is 3.98. The average Bonchev–Trinajstić information content (AvgIpc) is 3.01. The number of unbranched alkanes of at least 4 members (excludes halogenated alkanes) is 5. The van der Waals surface area contributed by atoms with Crippen LogP contribution in [0, 0.1) is 5.82 Å². The van der Waals surface area contributed by atoms with E-state index in [1.807, 2.05) is 5.38 Å². The first-order valence-electron chi connectivity index (χ1n) is 7.05. The molecule has 0 fully saturated rings. The lowest BCUT2D eigenvalue weighted by atomic mass is 10.1. The third-order valence-electron chi connectivity index (χ3n) is 3.19. The van der Waals surface area contributed by atoms with Crippen molar-refractivity contribution in [3.05, 3.63) is 21.5 Å². The van der Waals surface area contributed by atoms with E-state index in [0.717, 1.165) is 17.5 Å². The van der Waals surface area contributed by atoms with E-state index in [9.17, 15) is 9.18 Å². The highest BCUT2D eigenvalue weighted by Crippen LogP contribution is 2.33. The summed E-state index contributed by atoms with van der Waals surface area (Å²) in [5.41, 5.74) is 0. The number of thiophene rings is 2. The highest BCUT2D eigenvalue weighted by atomic mass is 32.1. The maximum atomic E-state index is 13.9. The van der Waals surface area contributed by atoms with Crippen molar-refractivity contribution in [2.45, 2.75) is 45.4 Å². The topological polar surface area (TPSA) is 26.3 Å². The van der Waals surface area contributed by atoms with Crippen molar-refractivity contribution in [1.82, 2.24) is 0 Å². The number of rotatable bonds is 8. The molecular formula is C15H19FO2S2. The average molecular weight is 314 g/mol. The Labute approximate surface area is 126 Å². The molecule has 0 N–H and O–H groups in total. The van der Waals surface area contributed by atoms with E-state index < -0.39 is 11.8 Å². The van der Waals surface area contributed by atoms with Crippen molar-refractivity contribution < 1.29 is 13.9 Å². The van der Waals surface area contributed by atoms with Crippen LogP contribution in [0.3, 0.4) is 0 Å². The molecule has 0 saturated heterocycles. The molecule has 0 bridgehead atoms. The molecule has 0 amide bonds. The molecule has 2 aromatic rings. The van der Waals surface area contributed by atoms with Crippen molar-refractivity contribution in [2.75, 3.05) is 6.61 Å². The van der Waals surface area contributed by atoms with E-state index in [1.165, 1.54) is 48.4 Å². The Morgan fingerprint density at radius 1 is 1.20 bits per heavy atom. The van der Waals surface area contributed by atoms with E-state index in [0.29, 0.717) is 12.0 Å². The lowest BCUT2D eigenvalue weighted by Crippen LogP contribution is -2.06. The third kappa shape index (κ3) is 3.79. The summed E-state index contributed by atoms with van der Waals surface area (Å²) in [7, 11) is 0. The Kier molecular flexibility index (Phi) is 5.98. The second-order valence-electron chi connectivity index (χ2n) is 4.80. The summed E-state index contributed by atoms with van der Waals surface area (Å²) < 4.78 is 19.9. The fourth-order valence-electron chi connectivity index (χ4n) is 2.05. The van der Waals surface area contributed by atoms with Gasteiger partial charge in [0.15, 0.2) is 5.82 Å². The predicted molar refractivity (Wildman–Crippen MR) is 83.3 cm³/mol. The van der Waals surface area contributed by atoms with Crippen LogP contribution < -0.4 is 0 Å². The number of hydrogen-bond acceptors (Lipinski definition) is 4. The molecule has 5 heteroatoms. The zero-order valence-corrected chi connectivity index (χ0v) is 13.2. The monoisotopic (exact) mass is 314 g/mol. The molecule has 0 aromatic carbocycles. The summed E-state index contributed by atoms with van der Waals surface area (Å²) in [6, 6.07) is 0. The van der Waals surface area contributed by atoms with E-state index >= 15 is 0 Å². The zero-order valence-electron chi connectivity index (χ0n) is 11.6. The SMILES string of the molecule is CCCCCCCCOC(=O)c1sc2cscc2c1F. The Morgan fingerprint density at radius 2 is 1.95 bits per heavy atom. The number of carbonyl (C=O) groups is 1.